The van der Waals surface area contributed by atoms with Crippen molar-refractivity contribution in [2.75, 3.05) is 19.5 Å². The molecular weight excluding hydrogens is 236 g/mol. The predicted molar refractivity (Wildman–Crippen MR) is 64.4 cm³/mol. The van der Waals surface area contributed by atoms with E-state index in [0.29, 0.717) is 11.4 Å². The summed E-state index contributed by atoms with van der Waals surface area (Å²) in [6.07, 6.45) is 0. The molecule has 0 aliphatic rings. The van der Waals surface area contributed by atoms with Crippen LogP contribution in [0.3, 0.4) is 0 Å². The summed E-state index contributed by atoms with van der Waals surface area (Å²) in [5.74, 6) is -0.272. The molecule has 2 rings (SSSR count). The zero-order chi connectivity index (χ0) is 13.1. The first-order chi connectivity index (χ1) is 8.65. The Labute approximate surface area is 103 Å². The average molecular weight is 248 g/mol. The molecule has 0 saturated carbocycles. The number of carboxylic acid groups (broad SMARTS) is 1. The third kappa shape index (κ3) is 2.10. The number of aromatic nitrogens is 3. The molecule has 0 atom stereocenters. The van der Waals surface area contributed by atoms with E-state index in [1.54, 1.807) is 38.4 Å². The third-order valence-corrected chi connectivity index (χ3v) is 2.34. The number of nitrogens with zero attached hydrogens (tertiary/aromatic N) is 3. The lowest BCUT2D eigenvalue weighted by atomic mass is 10.3. The number of aromatic carboxylic acids is 1. The van der Waals surface area contributed by atoms with E-state index >= 15 is 0 Å². The molecule has 2 N–H and O–H groups in total. The van der Waals surface area contributed by atoms with Crippen LogP contribution in [-0.4, -0.2) is 40.2 Å². The molecule has 1 aromatic carbocycles. The highest BCUT2D eigenvalue weighted by Crippen LogP contribution is 2.17. The van der Waals surface area contributed by atoms with Crippen molar-refractivity contribution in [3.8, 4) is 11.4 Å². The summed E-state index contributed by atoms with van der Waals surface area (Å²) in [5.41, 5.74) is 0.499. The molecule has 0 aliphatic carbocycles. The van der Waals surface area contributed by atoms with Gasteiger partial charge in [0.05, 0.1) is 12.8 Å². The van der Waals surface area contributed by atoms with E-state index in [4.69, 9.17) is 9.84 Å². The van der Waals surface area contributed by atoms with E-state index in [1.807, 2.05) is 0 Å². The minimum absolute atomic E-state index is 0.125. The molecule has 0 unspecified atom stereocenters. The van der Waals surface area contributed by atoms with Gasteiger partial charge in [-0.15, -0.1) is 15.0 Å². The lowest BCUT2D eigenvalue weighted by Crippen LogP contribution is -2.03. The molecule has 18 heavy (non-hydrogen) atoms. The van der Waals surface area contributed by atoms with Crippen LogP contribution in [0.4, 0.5) is 5.82 Å². The summed E-state index contributed by atoms with van der Waals surface area (Å²) < 4.78 is 5.09. The van der Waals surface area contributed by atoms with Gasteiger partial charge < -0.3 is 15.2 Å². The zero-order valence-corrected chi connectivity index (χ0v) is 9.91. The topological polar surface area (TPSA) is 89.3 Å². The maximum atomic E-state index is 11.0. The van der Waals surface area contributed by atoms with Gasteiger partial charge in [0.2, 0.25) is 5.69 Å². The van der Waals surface area contributed by atoms with E-state index in [9.17, 15) is 4.79 Å². The molecule has 0 bridgehead atoms. The van der Waals surface area contributed by atoms with Crippen LogP contribution in [0.25, 0.3) is 5.69 Å². The number of hydrogen-bond acceptors (Lipinski definition) is 5. The molecule has 0 saturated heterocycles. The average Bonchev–Trinajstić information content (AvgIpc) is 2.83. The molecule has 2 aromatic rings. The summed E-state index contributed by atoms with van der Waals surface area (Å²) in [7, 11) is 3.14. The fourth-order valence-corrected chi connectivity index (χ4v) is 1.47. The van der Waals surface area contributed by atoms with Crippen molar-refractivity contribution in [3.63, 3.8) is 0 Å². The smallest absolute Gasteiger partial charge is 0.360 e. The van der Waals surface area contributed by atoms with E-state index in [1.165, 1.54) is 4.80 Å². The summed E-state index contributed by atoms with van der Waals surface area (Å²) in [5, 5.41) is 19.6. The van der Waals surface area contributed by atoms with Gasteiger partial charge in [0.25, 0.3) is 0 Å². The van der Waals surface area contributed by atoms with Crippen molar-refractivity contribution in [2.45, 2.75) is 0 Å². The van der Waals surface area contributed by atoms with Gasteiger partial charge in [-0.05, 0) is 12.1 Å². The Kier molecular flexibility index (Phi) is 3.13. The number of hydrogen-bond donors (Lipinski definition) is 2. The summed E-state index contributed by atoms with van der Waals surface area (Å²) >= 11 is 0. The normalized spacial score (nSPS) is 10.1. The number of methoxy groups -OCH3 is 1. The molecule has 0 spiro atoms. The Hall–Kier alpha value is -2.57. The highest BCUT2D eigenvalue weighted by Gasteiger charge is 2.17. The predicted octanol–water partition coefficient (Wildman–Crippen LogP) is 1.02. The van der Waals surface area contributed by atoms with Crippen LogP contribution in [0.5, 0.6) is 5.75 Å². The van der Waals surface area contributed by atoms with Crippen molar-refractivity contribution >= 4 is 11.8 Å². The monoisotopic (exact) mass is 248 g/mol. The molecule has 0 fully saturated rings. The number of carbonyl (C=O) groups is 1. The number of benzene rings is 1. The molecule has 7 nitrogen and oxygen atoms in total. The van der Waals surface area contributed by atoms with E-state index in [-0.39, 0.29) is 11.5 Å². The van der Waals surface area contributed by atoms with Gasteiger partial charge in [0, 0.05) is 13.1 Å². The highest BCUT2D eigenvalue weighted by atomic mass is 16.5. The van der Waals surface area contributed by atoms with Crippen LogP contribution in [-0.2, 0) is 0 Å². The van der Waals surface area contributed by atoms with Gasteiger partial charge >= 0.3 is 5.97 Å². The quantitative estimate of drug-likeness (QED) is 0.839. The van der Waals surface area contributed by atoms with Crippen LogP contribution in [0.15, 0.2) is 24.3 Å². The summed E-state index contributed by atoms with van der Waals surface area (Å²) in [6, 6.07) is 7.03. The summed E-state index contributed by atoms with van der Waals surface area (Å²) in [4.78, 5) is 12.2. The number of rotatable bonds is 4. The van der Waals surface area contributed by atoms with Crippen LogP contribution in [0.2, 0.25) is 0 Å². The van der Waals surface area contributed by atoms with Crippen molar-refractivity contribution in [2.24, 2.45) is 0 Å². The van der Waals surface area contributed by atoms with Crippen LogP contribution in [0.1, 0.15) is 10.5 Å². The number of carboxylic acids is 1. The van der Waals surface area contributed by atoms with E-state index in [2.05, 4.69) is 15.5 Å². The second-order valence-corrected chi connectivity index (χ2v) is 3.44. The standard InChI is InChI=1S/C11H12N4O3/c1-12-10-9(11(16)17)13-15(14-10)7-4-3-5-8(6-7)18-2/h3-6H,1-2H3,(H,12,14)(H,16,17). The van der Waals surface area contributed by atoms with Crippen LogP contribution >= 0.6 is 0 Å². The van der Waals surface area contributed by atoms with E-state index in [0.717, 1.165) is 0 Å². The van der Waals surface area contributed by atoms with Crippen LogP contribution < -0.4 is 10.1 Å². The Morgan fingerprint density at radius 1 is 1.44 bits per heavy atom. The summed E-state index contributed by atoms with van der Waals surface area (Å²) in [6.45, 7) is 0. The molecule has 0 aliphatic heterocycles. The molecule has 7 heteroatoms. The third-order valence-electron chi connectivity index (χ3n) is 2.34. The number of nitrogens with one attached hydrogen (secondary N) is 1. The zero-order valence-electron chi connectivity index (χ0n) is 9.91. The first-order valence-corrected chi connectivity index (χ1v) is 5.18. The highest BCUT2D eigenvalue weighted by molar-refractivity contribution is 5.90. The van der Waals surface area contributed by atoms with Crippen molar-refractivity contribution in [1.82, 2.24) is 15.0 Å². The van der Waals surface area contributed by atoms with Crippen molar-refractivity contribution in [3.05, 3.63) is 30.0 Å². The largest absolute Gasteiger partial charge is 0.497 e. The Morgan fingerprint density at radius 3 is 2.78 bits per heavy atom. The SMILES string of the molecule is CNc1nn(-c2cccc(OC)c2)nc1C(=O)O. The number of ether oxygens (including phenoxy) is 1. The molecule has 0 radical (unpaired) electrons. The van der Waals surface area contributed by atoms with E-state index < -0.39 is 5.97 Å². The first-order valence-electron chi connectivity index (χ1n) is 5.18. The molecule has 1 heterocycles. The fraction of sp³-hybridized carbons (Fsp3) is 0.182. The van der Waals surface area contributed by atoms with Gasteiger partial charge in [-0.25, -0.2) is 4.79 Å². The minimum Gasteiger partial charge on any atom is -0.497 e. The molecule has 94 valence electrons. The van der Waals surface area contributed by atoms with Crippen molar-refractivity contribution < 1.29 is 14.6 Å². The lowest BCUT2D eigenvalue weighted by Gasteiger charge is -2.02. The first kappa shape index (κ1) is 11.9. The van der Waals surface area contributed by atoms with Gasteiger partial charge in [-0.3, -0.25) is 0 Å². The lowest BCUT2D eigenvalue weighted by molar-refractivity contribution is 0.0691. The number of anilines is 1. The van der Waals surface area contributed by atoms with Gasteiger partial charge in [-0.1, -0.05) is 6.07 Å². The molecule has 1 aromatic heterocycles. The van der Waals surface area contributed by atoms with Crippen molar-refractivity contribution in [1.29, 1.82) is 0 Å². The Morgan fingerprint density at radius 2 is 2.22 bits per heavy atom. The minimum atomic E-state index is -1.13. The fourth-order valence-electron chi connectivity index (χ4n) is 1.47. The van der Waals surface area contributed by atoms with Gasteiger partial charge in [-0.2, -0.15) is 0 Å². The molecule has 0 amide bonds. The second-order valence-electron chi connectivity index (χ2n) is 3.44. The Balaban J connectivity index is 2.47. The Bertz CT molecular complexity index is 579. The molecular formula is C11H12N4O3. The van der Waals surface area contributed by atoms with Gasteiger partial charge in [0.1, 0.15) is 5.75 Å². The van der Waals surface area contributed by atoms with Crippen LogP contribution in [0, 0.1) is 0 Å². The maximum absolute atomic E-state index is 11.0. The second kappa shape index (κ2) is 4.74. The van der Waals surface area contributed by atoms with Gasteiger partial charge in [0.15, 0.2) is 5.82 Å². The maximum Gasteiger partial charge on any atom is 0.360 e.